The Morgan fingerprint density at radius 2 is 1.84 bits per heavy atom. The molecule has 2 aromatic carbocycles. The van der Waals surface area contributed by atoms with E-state index >= 15 is 0 Å². The van der Waals surface area contributed by atoms with Crippen LogP contribution in [-0.2, 0) is 0 Å². The SMILES string of the molecule is COc1ccc(C(NN)c2ccc(Cl)cc2C)cc1. The Morgan fingerprint density at radius 3 is 2.37 bits per heavy atom. The summed E-state index contributed by atoms with van der Waals surface area (Å²) >= 11 is 5.98. The highest BCUT2D eigenvalue weighted by Crippen LogP contribution is 2.27. The molecule has 0 radical (unpaired) electrons. The Bertz CT molecular complexity index is 555. The number of nitrogens with two attached hydrogens (primary N) is 1. The first-order valence-electron chi connectivity index (χ1n) is 6.02. The van der Waals surface area contributed by atoms with Crippen molar-refractivity contribution in [3.63, 3.8) is 0 Å². The van der Waals surface area contributed by atoms with Gasteiger partial charge in [0.1, 0.15) is 5.75 Å². The second kappa shape index (κ2) is 6.06. The number of aryl methyl sites for hydroxylation is 1. The Morgan fingerprint density at radius 1 is 1.16 bits per heavy atom. The van der Waals surface area contributed by atoms with E-state index < -0.39 is 0 Å². The highest BCUT2D eigenvalue weighted by atomic mass is 35.5. The lowest BCUT2D eigenvalue weighted by Gasteiger charge is -2.19. The number of benzene rings is 2. The average molecular weight is 277 g/mol. The van der Waals surface area contributed by atoms with Crippen molar-refractivity contribution < 1.29 is 4.74 Å². The first-order valence-corrected chi connectivity index (χ1v) is 6.39. The van der Waals surface area contributed by atoms with Crippen LogP contribution in [0.15, 0.2) is 42.5 Å². The van der Waals surface area contributed by atoms with Gasteiger partial charge in [-0.3, -0.25) is 5.84 Å². The number of hydrogen-bond acceptors (Lipinski definition) is 3. The molecule has 3 nitrogen and oxygen atoms in total. The van der Waals surface area contributed by atoms with Crippen LogP contribution in [0.1, 0.15) is 22.7 Å². The predicted molar refractivity (Wildman–Crippen MR) is 78.3 cm³/mol. The monoisotopic (exact) mass is 276 g/mol. The maximum atomic E-state index is 5.98. The zero-order valence-corrected chi connectivity index (χ0v) is 11.7. The Labute approximate surface area is 118 Å². The molecular weight excluding hydrogens is 260 g/mol. The maximum absolute atomic E-state index is 5.98. The summed E-state index contributed by atoms with van der Waals surface area (Å²) in [7, 11) is 1.65. The summed E-state index contributed by atoms with van der Waals surface area (Å²) in [6, 6.07) is 13.6. The van der Waals surface area contributed by atoms with Gasteiger partial charge < -0.3 is 4.74 Å². The number of hydrogen-bond donors (Lipinski definition) is 2. The third-order valence-corrected chi connectivity index (χ3v) is 3.39. The van der Waals surface area contributed by atoms with Crippen LogP contribution in [-0.4, -0.2) is 7.11 Å². The molecule has 3 N–H and O–H groups in total. The summed E-state index contributed by atoms with van der Waals surface area (Å²) in [5.41, 5.74) is 6.14. The predicted octanol–water partition coefficient (Wildman–Crippen LogP) is 3.21. The summed E-state index contributed by atoms with van der Waals surface area (Å²) in [6.45, 7) is 2.02. The molecular formula is C15H17ClN2O. The topological polar surface area (TPSA) is 47.3 Å². The van der Waals surface area contributed by atoms with Crippen LogP contribution in [0.3, 0.4) is 0 Å². The number of ether oxygens (including phenoxy) is 1. The van der Waals surface area contributed by atoms with Crippen molar-refractivity contribution in [3.05, 3.63) is 64.2 Å². The lowest BCUT2D eigenvalue weighted by molar-refractivity contribution is 0.414. The third-order valence-electron chi connectivity index (χ3n) is 3.16. The molecule has 100 valence electrons. The van der Waals surface area contributed by atoms with Crippen LogP contribution in [0.25, 0.3) is 0 Å². The van der Waals surface area contributed by atoms with E-state index in [-0.39, 0.29) is 6.04 Å². The fraction of sp³-hybridized carbons (Fsp3) is 0.200. The van der Waals surface area contributed by atoms with E-state index in [0.717, 1.165) is 27.5 Å². The molecule has 0 bridgehead atoms. The van der Waals surface area contributed by atoms with E-state index in [1.54, 1.807) is 7.11 Å². The minimum absolute atomic E-state index is 0.0665. The van der Waals surface area contributed by atoms with E-state index in [2.05, 4.69) is 5.43 Å². The number of rotatable bonds is 4. The number of halogens is 1. The van der Waals surface area contributed by atoms with Crippen molar-refractivity contribution in [2.75, 3.05) is 7.11 Å². The standard InChI is InChI=1S/C15H17ClN2O/c1-10-9-12(16)5-8-14(10)15(18-17)11-3-6-13(19-2)7-4-11/h3-9,15,18H,17H2,1-2H3. The van der Waals surface area contributed by atoms with Gasteiger partial charge >= 0.3 is 0 Å². The van der Waals surface area contributed by atoms with E-state index in [1.165, 1.54) is 0 Å². The smallest absolute Gasteiger partial charge is 0.118 e. The molecule has 0 aliphatic carbocycles. The van der Waals surface area contributed by atoms with Gasteiger partial charge in [-0.25, -0.2) is 5.43 Å². The van der Waals surface area contributed by atoms with Crippen LogP contribution in [0.5, 0.6) is 5.75 Å². The minimum Gasteiger partial charge on any atom is -0.497 e. The van der Waals surface area contributed by atoms with Crippen LogP contribution in [0.2, 0.25) is 5.02 Å². The quantitative estimate of drug-likeness (QED) is 0.666. The molecule has 0 spiro atoms. The Hall–Kier alpha value is -1.55. The molecule has 19 heavy (non-hydrogen) atoms. The molecule has 0 aromatic heterocycles. The molecule has 0 saturated heterocycles. The summed E-state index contributed by atoms with van der Waals surface area (Å²) < 4.78 is 5.16. The van der Waals surface area contributed by atoms with Crippen molar-refractivity contribution in [2.45, 2.75) is 13.0 Å². The van der Waals surface area contributed by atoms with Crippen LogP contribution in [0, 0.1) is 6.92 Å². The van der Waals surface area contributed by atoms with Crippen LogP contribution in [0.4, 0.5) is 0 Å². The third kappa shape index (κ3) is 3.07. The fourth-order valence-electron chi connectivity index (χ4n) is 2.12. The Kier molecular flexibility index (Phi) is 4.43. The van der Waals surface area contributed by atoms with E-state index in [9.17, 15) is 0 Å². The first kappa shape index (κ1) is 13.9. The number of nitrogens with one attached hydrogen (secondary N) is 1. The summed E-state index contributed by atoms with van der Waals surface area (Å²) in [4.78, 5) is 0. The van der Waals surface area contributed by atoms with E-state index in [4.69, 9.17) is 22.2 Å². The largest absolute Gasteiger partial charge is 0.497 e. The van der Waals surface area contributed by atoms with Gasteiger partial charge in [0.25, 0.3) is 0 Å². The molecule has 1 atom stereocenters. The van der Waals surface area contributed by atoms with Gasteiger partial charge in [0.15, 0.2) is 0 Å². The van der Waals surface area contributed by atoms with Crippen molar-refractivity contribution in [1.82, 2.24) is 5.43 Å². The molecule has 0 aliphatic heterocycles. The molecule has 4 heteroatoms. The van der Waals surface area contributed by atoms with Gasteiger partial charge in [0.2, 0.25) is 0 Å². The molecule has 0 aliphatic rings. The van der Waals surface area contributed by atoms with Crippen molar-refractivity contribution in [3.8, 4) is 5.75 Å². The van der Waals surface area contributed by atoms with Gasteiger partial charge in [0, 0.05) is 5.02 Å². The van der Waals surface area contributed by atoms with E-state index in [1.807, 2.05) is 49.4 Å². The molecule has 0 fully saturated rings. The van der Waals surface area contributed by atoms with Gasteiger partial charge in [-0.15, -0.1) is 0 Å². The molecule has 2 aromatic rings. The molecule has 0 heterocycles. The highest BCUT2D eigenvalue weighted by Gasteiger charge is 2.14. The molecule has 2 rings (SSSR count). The summed E-state index contributed by atoms with van der Waals surface area (Å²) in [5.74, 6) is 6.53. The van der Waals surface area contributed by atoms with Crippen LogP contribution < -0.4 is 16.0 Å². The maximum Gasteiger partial charge on any atom is 0.118 e. The van der Waals surface area contributed by atoms with Gasteiger partial charge in [-0.1, -0.05) is 29.8 Å². The zero-order valence-electron chi connectivity index (χ0n) is 11.0. The molecule has 1 unspecified atom stereocenters. The zero-order chi connectivity index (χ0) is 13.8. The summed E-state index contributed by atoms with van der Waals surface area (Å²) in [5, 5.41) is 0.728. The number of hydrazine groups is 1. The van der Waals surface area contributed by atoms with E-state index in [0.29, 0.717) is 0 Å². The highest BCUT2D eigenvalue weighted by molar-refractivity contribution is 6.30. The summed E-state index contributed by atoms with van der Waals surface area (Å²) in [6.07, 6.45) is 0. The normalized spacial score (nSPS) is 12.2. The van der Waals surface area contributed by atoms with Crippen molar-refractivity contribution >= 4 is 11.6 Å². The van der Waals surface area contributed by atoms with Crippen LogP contribution >= 0.6 is 11.6 Å². The van der Waals surface area contributed by atoms with Crippen molar-refractivity contribution in [2.24, 2.45) is 5.84 Å². The minimum atomic E-state index is -0.0665. The number of methoxy groups -OCH3 is 1. The van der Waals surface area contributed by atoms with Gasteiger partial charge in [-0.05, 0) is 47.9 Å². The average Bonchev–Trinajstić information content (AvgIpc) is 2.42. The first-order chi connectivity index (χ1) is 9.15. The second-order valence-electron chi connectivity index (χ2n) is 4.37. The lowest BCUT2D eigenvalue weighted by atomic mass is 9.95. The molecule has 0 saturated carbocycles. The van der Waals surface area contributed by atoms with Gasteiger partial charge in [-0.2, -0.15) is 0 Å². The van der Waals surface area contributed by atoms with Crippen molar-refractivity contribution in [1.29, 1.82) is 0 Å². The lowest BCUT2D eigenvalue weighted by Crippen LogP contribution is -2.29. The Balaban J connectivity index is 2.37. The van der Waals surface area contributed by atoms with Gasteiger partial charge in [0.05, 0.1) is 13.2 Å². The molecule has 0 amide bonds. The fourth-order valence-corrected chi connectivity index (χ4v) is 2.35. The second-order valence-corrected chi connectivity index (χ2v) is 4.81.